The highest BCUT2D eigenvalue weighted by Crippen LogP contribution is 2.73. The third kappa shape index (κ3) is 1.67. The molecule has 7 rings (SSSR count). The summed E-state index contributed by atoms with van der Waals surface area (Å²) < 4.78 is 63.6. The summed E-state index contributed by atoms with van der Waals surface area (Å²) in [6.07, 6.45) is -3.57. The first-order valence-electron chi connectivity index (χ1n) is 8.08. The number of imidazole rings is 1. The number of hydrogen-bond donors (Lipinski definition) is 3. The maximum absolute atomic E-state index is 13.2. The van der Waals surface area contributed by atoms with Crippen molar-refractivity contribution in [2.75, 3.05) is 11.8 Å². The van der Waals surface area contributed by atoms with Crippen LogP contribution in [0.25, 0.3) is 11.2 Å². The molecule has 18 nitrogen and oxygen atoms in total. The minimum atomic E-state index is -4.93. The number of aliphatic hydroxyl groups excluding tert-OH is 2. The lowest BCUT2D eigenvalue weighted by Crippen LogP contribution is -2.55. The third-order valence-corrected chi connectivity index (χ3v) is 7.38. The topological polar surface area (TPSA) is 215 Å². The summed E-state index contributed by atoms with van der Waals surface area (Å²) in [4.78, 5) is 20.0. The van der Waals surface area contributed by atoms with Crippen molar-refractivity contribution < 1.29 is 56.6 Å². The van der Waals surface area contributed by atoms with Crippen molar-refractivity contribution in [1.82, 2.24) is 19.3 Å². The second-order valence-electron chi connectivity index (χ2n) is 6.65. The van der Waals surface area contributed by atoms with Gasteiger partial charge in [-0.1, -0.05) is 5.23 Å². The zero-order chi connectivity index (χ0) is 20.8. The number of aromatic nitrogens is 4. The highest BCUT2D eigenvalue weighted by molar-refractivity contribution is 7.50. The van der Waals surface area contributed by atoms with Gasteiger partial charge in [-0.05, 0) is 0 Å². The summed E-state index contributed by atoms with van der Waals surface area (Å²) in [5.74, 6) is -6.39. The van der Waals surface area contributed by atoms with E-state index in [9.17, 15) is 29.2 Å². The van der Waals surface area contributed by atoms with Gasteiger partial charge in [0, 0.05) is 0 Å². The third-order valence-electron chi connectivity index (χ3n) is 4.96. The molecule has 0 amide bonds. The number of ether oxygens (including phenoxy) is 1. The minimum absolute atomic E-state index is 0.144. The SMILES string of the molecule is O=c1nc2n3c4c1nc1n4C45OC(CO)C(O)C4(O)OP(=O)(ON2OP(=O)(O1)O3)O5. The summed E-state index contributed by atoms with van der Waals surface area (Å²) in [5.41, 5.74) is -1.82. The average Bonchev–Trinajstić information content (AvgIpc) is 3.16. The van der Waals surface area contributed by atoms with Crippen LogP contribution >= 0.6 is 15.6 Å². The molecule has 6 atom stereocenters. The van der Waals surface area contributed by atoms with Gasteiger partial charge in [0.15, 0.2) is 11.2 Å². The Balaban J connectivity index is 1.69. The van der Waals surface area contributed by atoms with E-state index < -0.39 is 74.8 Å². The maximum Gasteiger partial charge on any atom is 0.634 e. The minimum Gasteiger partial charge on any atom is -0.394 e. The second-order valence-corrected chi connectivity index (χ2v) is 9.47. The monoisotopic (exact) mass is 467 g/mol. The molecule has 0 radical (unpaired) electrons. The van der Waals surface area contributed by atoms with Crippen LogP contribution in [0, 0.1) is 0 Å². The van der Waals surface area contributed by atoms with Crippen LogP contribution in [0.2, 0.25) is 0 Å². The van der Waals surface area contributed by atoms with Crippen molar-refractivity contribution in [1.29, 1.82) is 0 Å². The van der Waals surface area contributed by atoms with Gasteiger partial charge in [0.05, 0.1) is 6.61 Å². The molecule has 160 valence electrons. The van der Waals surface area contributed by atoms with Gasteiger partial charge in [0.1, 0.15) is 12.2 Å². The molecule has 20 heteroatoms. The van der Waals surface area contributed by atoms with Crippen molar-refractivity contribution in [3.05, 3.63) is 10.4 Å². The molecule has 2 aromatic heterocycles. The molecular formula is C10H7N5O13P2. The lowest BCUT2D eigenvalue weighted by atomic mass is 10.1. The molecule has 1 spiro atoms. The van der Waals surface area contributed by atoms with E-state index in [1.165, 1.54) is 0 Å². The smallest absolute Gasteiger partial charge is 0.394 e. The summed E-state index contributed by atoms with van der Waals surface area (Å²) in [7, 11) is -9.53. The van der Waals surface area contributed by atoms with Crippen molar-refractivity contribution in [3.63, 3.8) is 0 Å². The van der Waals surface area contributed by atoms with E-state index in [1.807, 2.05) is 0 Å². The second kappa shape index (κ2) is 4.71. The molecule has 6 unspecified atom stereocenters. The Morgan fingerprint density at radius 1 is 1.13 bits per heavy atom. The summed E-state index contributed by atoms with van der Waals surface area (Å²) in [6, 6.07) is -0.722. The van der Waals surface area contributed by atoms with Gasteiger partial charge >= 0.3 is 33.1 Å². The molecular weight excluding hydrogens is 460 g/mol. The van der Waals surface area contributed by atoms with E-state index in [4.69, 9.17) is 32.2 Å². The highest BCUT2D eigenvalue weighted by Gasteiger charge is 2.81. The fourth-order valence-electron chi connectivity index (χ4n) is 3.80. The van der Waals surface area contributed by atoms with Crippen LogP contribution in [0.15, 0.2) is 4.79 Å². The molecule has 0 aliphatic carbocycles. The van der Waals surface area contributed by atoms with E-state index in [-0.39, 0.29) is 5.23 Å². The Bertz CT molecular complexity index is 1340. The van der Waals surface area contributed by atoms with E-state index in [1.54, 1.807) is 0 Å². The lowest BCUT2D eigenvalue weighted by Gasteiger charge is -2.31. The molecule has 2 saturated heterocycles. The first kappa shape index (κ1) is 17.6. The molecule has 3 N–H and O–H groups in total. The number of anilines is 1. The Morgan fingerprint density at radius 2 is 1.90 bits per heavy atom. The quantitative estimate of drug-likeness (QED) is 0.367. The number of phosphoric acid groups is 2. The molecule has 30 heavy (non-hydrogen) atoms. The lowest BCUT2D eigenvalue weighted by molar-refractivity contribution is -0.328. The highest BCUT2D eigenvalue weighted by atomic mass is 31.2. The van der Waals surface area contributed by atoms with E-state index in [2.05, 4.69) is 9.97 Å². The molecule has 5 aliphatic heterocycles. The van der Waals surface area contributed by atoms with Crippen LogP contribution in [-0.4, -0.2) is 59.2 Å². The molecule has 5 aliphatic rings. The maximum atomic E-state index is 13.2. The van der Waals surface area contributed by atoms with Crippen molar-refractivity contribution in [2.24, 2.45) is 0 Å². The fraction of sp³-hybridized carbons (Fsp3) is 0.500. The van der Waals surface area contributed by atoms with Gasteiger partial charge in [0.2, 0.25) is 0 Å². The number of nitrogens with zero attached hydrogens (tertiary/aromatic N) is 5. The molecule has 0 saturated carbocycles. The first-order chi connectivity index (χ1) is 14.1. The van der Waals surface area contributed by atoms with Crippen LogP contribution < -0.4 is 19.9 Å². The summed E-state index contributed by atoms with van der Waals surface area (Å²) in [6.45, 7) is -0.838. The number of hydrogen-bond acceptors (Lipinski definition) is 16. The van der Waals surface area contributed by atoms with Crippen LogP contribution in [0.5, 0.6) is 6.01 Å². The number of phosphoric ester groups is 1. The van der Waals surface area contributed by atoms with E-state index in [0.29, 0.717) is 9.30 Å². The molecule has 2 aromatic rings. The van der Waals surface area contributed by atoms with Gasteiger partial charge < -0.3 is 24.6 Å². The van der Waals surface area contributed by atoms with Crippen LogP contribution in [0.1, 0.15) is 0 Å². The predicted octanol–water partition coefficient (Wildman–Crippen LogP) is -2.58. The van der Waals surface area contributed by atoms with Gasteiger partial charge in [0.25, 0.3) is 11.7 Å². The summed E-state index contributed by atoms with van der Waals surface area (Å²) >= 11 is 0. The molecule has 9 bridgehead atoms. The zero-order valence-electron chi connectivity index (χ0n) is 13.9. The Hall–Kier alpha value is -2.11. The average molecular weight is 467 g/mol. The van der Waals surface area contributed by atoms with Gasteiger partial charge in [-0.2, -0.15) is 9.97 Å². The van der Waals surface area contributed by atoms with E-state index in [0.717, 1.165) is 0 Å². The van der Waals surface area contributed by atoms with Crippen LogP contribution in [0.4, 0.5) is 5.95 Å². The molecule has 7 heterocycles. The van der Waals surface area contributed by atoms with Crippen LogP contribution in [-0.2, 0) is 38.1 Å². The van der Waals surface area contributed by atoms with Crippen molar-refractivity contribution in [3.8, 4) is 6.01 Å². The van der Waals surface area contributed by atoms with Crippen LogP contribution in [0.3, 0.4) is 0 Å². The molecule has 2 fully saturated rings. The fourth-order valence-corrected chi connectivity index (χ4v) is 6.42. The van der Waals surface area contributed by atoms with Gasteiger partial charge in [-0.25, -0.2) is 22.7 Å². The van der Waals surface area contributed by atoms with Crippen molar-refractivity contribution >= 4 is 32.8 Å². The largest absolute Gasteiger partial charge is 0.634 e. The number of fused-ring (bicyclic) bond motifs is 2. The standard InChI is InChI=1S/C10H7N5O13P2/c16-1-2-4(17)9(19)10(22-2)13-6-3-5(18)12-7-14(6)26-29(20,23-8(13)11-3)27-15(7)28-30(21,24-9)25-10/h2,4,16-17,19H,1H2. The first-order valence-corrected chi connectivity index (χ1v) is 11.0. The Morgan fingerprint density at radius 3 is 2.67 bits per heavy atom. The summed E-state index contributed by atoms with van der Waals surface area (Å²) in [5, 5.41) is 31.4. The van der Waals surface area contributed by atoms with Crippen molar-refractivity contribution in [2.45, 2.75) is 23.9 Å². The van der Waals surface area contributed by atoms with Gasteiger partial charge in [-0.15, -0.1) is 14.0 Å². The van der Waals surface area contributed by atoms with Gasteiger partial charge in [-0.3, -0.25) is 9.42 Å². The van der Waals surface area contributed by atoms with E-state index >= 15 is 0 Å². The number of aliphatic hydroxyl groups is 3. The Kier molecular flexibility index (Phi) is 2.75. The zero-order valence-corrected chi connectivity index (χ0v) is 15.7. The normalized spacial score (nSPS) is 44.7. The number of rotatable bonds is 1. The predicted molar refractivity (Wildman–Crippen MR) is 81.9 cm³/mol. The molecule has 0 aromatic carbocycles. The Labute approximate surface area is 161 Å².